The second-order valence-electron chi connectivity index (χ2n) is 9.85. The van der Waals surface area contributed by atoms with Gasteiger partial charge in [0.2, 0.25) is 0 Å². The van der Waals surface area contributed by atoms with E-state index in [0.717, 1.165) is 55.5 Å². The predicted molar refractivity (Wildman–Crippen MR) is 165 cm³/mol. The van der Waals surface area contributed by atoms with Crippen molar-refractivity contribution in [2.45, 2.75) is 0 Å². The van der Waals surface area contributed by atoms with E-state index < -0.39 is 0 Å². The number of imidazole rings is 1. The van der Waals surface area contributed by atoms with Crippen LogP contribution in [0.4, 0.5) is 0 Å². The highest BCUT2D eigenvalue weighted by atomic mass is 32.1. The molecule has 4 aromatic carbocycles. The number of aryl methyl sites for hydroxylation is 1. The first-order valence-corrected chi connectivity index (χ1v) is 14.0. The first-order chi connectivity index (χ1) is 19.8. The molecular formula is C34H23N5S. The maximum atomic E-state index is 5.09. The fourth-order valence-corrected chi connectivity index (χ4v) is 6.45. The quantitative estimate of drug-likeness (QED) is 0.228. The van der Waals surface area contributed by atoms with Gasteiger partial charge in [0.1, 0.15) is 10.8 Å². The van der Waals surface area contributed by atoms with Crippen molar-refractivity contribution < 1.29 is 0 Å². The summed E-state index contributed by atoms with van der Waals surface area (Å²) in [5, 5.41) is 5.46. The van der Waals surface area contributed by atoms with Gasteiger partial charge in [-0.05, 0) is 48.5 Å². The molecule has 8 rings (SSSR count). The number of pyridine rings is 1. The molecule has 0 bridgehead atoms. The summed E-state index contributed by atoms with van der Waals surface area (Å²) in [6.45, 7) is 0. The fourth-order valence-electron chi connectivity index (χ4n) is 5.78. The van der Waals surface area contributed by atoms with E-state index in [-0.39, 0.29) is 0 Å². The second-order valence-corrected chi connectivity index (χ2v) is 10.7. The largest absolute Gasteiger partial charge is 0.327 e. The van der Waals surface area contributed by atoms with Crippen LogP contribution in [-0.4, -0.2) is 24.1 Å². The van der Waals surface area contributed by atoms with Gasteiger partial charge >= 0.3 is 0 Å². The van der Waals surface area contributed by atoms with E-state index in [2.05, 4.69) is 117 Å². The Labute approximate surface area is 234 Å². The van der Waals surface area contributed by atoms with Crippen molar-refractivity contribution in [2.75, 3.05) is 0 Å². The average Bonchev–Trinajstić information content (AvgIpc) is 3.74. The van der Waals surface area contributed by atoms with Gasteiger partial charge in [-0.25, -0.2) is 9.97 Å². The maximum absolute atomic E-state index is 5.09. The van der Waals surface area contributed by atoms with Gasteiger partial charge in [0.25, 0.3) is 0 Å². The van der Waals surface area contributed by atoms with Crippen LogP contribution in [0.1, 0.15) is 0 Å². The molecule has 0 atom stereocenters. The first kappa shape index (κ1) is 22.9. The topological polar surface area (TPSA) is 48.5 Å². The van der Waals surface area contributed by atoms with Crippen molar-refractivity contribution in [3.05, 3.63) is 121 Å². The Morgan fingerprint density at radius 2 is 1.55 bits per heavy atom. The molecule has 0 saturated carbocycles. The van der Waals surface area contributed by atoms with Crippen LogP contribution in [-0.2, 0) is 7.05 Å². The zero-order chi connectivity index (χ0) is 26.6. The van der Waals surface area contributed by atoms with Gasteiger partial charge < -0.3 is 9.13 Å². The van der Waals surface area contributed by atoms with Gasteiger partial charge in [-0.2, -0.15) is 0 Å². The molecule has 8 aromatic rings. The Hall–Kier alpha value is -5.07. The predicted octanol–water partition coefficient (Wildman–Crippen LogP) is 8.52. The van der Waals surface area contributed by atoms with Crippen molar-refractivity contribution in [3.63, 3.8) is 0 Å². The molecule has 40 heavy (non-hydrogen) atoms. The second kappa shape index (κ2) is 9.00. The number of benzene rings is 4. The molecule has 0 saturated heterocycles. The number of nitrogens with zero attached hydrogens (tertiary/aromatic N) is 5. The minimum absolute atomic E-state index is 0.931. The summed E-state index contributed by atoms with van der Waals surface area (Å²) in [4.78, 5) is 14.2. The first-order valence-electron chi connectivity index (χ1n) is 13.2. The molecule has 0 amide bonds. The number of thiazole rings is 1. The smallest absolute Gasteiger partial charge is 0.140 e. The Morgan fingerprint density at radius 1 is 0.675 bits per heavy atom. The lowest BCUT2D eigenvalue weighted by molar-refractivity contribution is 0.960. The van der Waals surface area contributed by atoms with E-state index in [1.165, 1.54) is 16.3 Å². The summed E-state index contributed by atoms with van der Waals surface area (Å²) in [5.74, 6) is 0.931. The molecule has 4 aromatic heterocycles. The molecule has 5 nitrogen and oxygen atoms in total. The van der Waals surface area contributed by atoms with Crippen LogP contribution in [0.2, 0.25) is 0 Å². The Bertz CT molecular complexity index is 2170. The molecule has 0 aliphatic heterocycles. The zero-order valence-corrected chi connectivity index (χ0v) is 22.5. The van der Waals surface area contributed by atoms with Crippen molar-refractivity contribution in [3.8, 4) is 38.9 Å². The van der Waals surface area contributed by atoms with E-state index in [1.807, 2.05) is 29.9 Å². The molecule has 0 aliphatic carbocycles. The SMILES string of the molecule is Cn1c(-c2ccc3c4ccccc4n(-c4cccc(-c5ccccn5)c4)c3c2)nc2cccc(-c3nccs3)c21. The lowest BCUT2D eigenvalue weighted by Gasteiger charge is -2.11. The summed E-state index contributed by atoms with van der Waals surface area (Å²) in [6.07, 6.45) is 3.69. The van der Waals surface area contributed by atoms with E-state index in [1.54, 1.807) is 11.3 Å². The monoisotopic (exact) mass is 533 g/mol. The van der Waals surface area contributed by atoms with Gasteiger partial charge in [0, 0.05) is 58.0 Å². The van der Waals surface area contributed by atoms with Gasteiger partial charge in [-0.15, -0.1) is 11.3 Å². The molecule has 0 fully saturated rings. The van der Waals surface area contributed by atoms with Crippen LogP contribution < -0.4 is 0 Å². The molecule has 0 N–H and O–H groups in total. The van der Waals surface area contributed by atoms with Crippen LogP contribution >= 0.6 is 11.3 Å². The van der Waals surface area contributed by atoms with Gasteiger partial charge in [0.15, 0.2) is 0 Å². The third-order valence-corrected chi connectivity index (χ3v) is 8.36. The molecule has 6 heteroatoms. The minimum atomic E-state index is 0.931. The van der Waals surface area contributed by atoms with E-state index in [0.29, 0.717) is 0 Å². The molecule has 0 unspecified atom stereocenters. The average molecular weight is 534 g/mol. The Kier molecular flexibility index (Phi) is 5.15. The van der Waals surface area contributed by atoms with Crippen molar-refractivity contribution >= 4 is 44.2 Å². The minimum Gasteiger partial charge on any atom is -0.327 e. The molecular weight excluding hydrogens is 510 g/mol. The van der Waals surface area contributed by atoms with Crippen LogP contribution in [0, 0.1) is 0 Å². The number of hydrogen-bond donors (Lipinski definition) is 0. The summed E-state index contributed by atoms with van der Waals surface area (Å²) in [7, 11) is 2.10. The maximum Gasteiger partial charge on any atom is 0.140 e. The Morgan fingerprint density at radius 3 is 2.42 bits per heavy atom. The highest BCUT2D eigenvalue weighted by Gasteiger charge is 2.18. The lowest BCUT2D eigenvalue weighted by Crippen LogP contribution is -1.96. The number of para-hydroxylation sites is 2. The van der Waals surface area contributed by atoms with Crippen LogP contribution in [0.5, 0.6) is 0 Å². The third-order valence-electron chi connectivity index (χ3n) is 7.55. The van der Waals surface area contributed by atoms with E-state index >= 15 is 0 Å². The summed E-state index contributed by atoms with van der Waals surface area (Å²) in [5.41, 5.74) is 9.70. The van der Waals surface area contributed by atoms with E-state index in [4.69, 9.17) is 4.98 Å². The van der Waals surface area contributed by atoms with E-state index in [9.17, 15) is 0 Å². The summed E-state index contributed by atoms with van der Waals surface area (Å²) >= 11 is 1.65. The molecule has 0 spiro atoms. The van der Waals surface area contributed by atoms with Crippen molar-refractivity contribution in [1.29, 1.82) is 0 Å². The Balaban J connectivity index is 1.36. The highest BCUT2D eigenvalue weighted by molar-refractivity contribution is 7.13. The van der Waals surface area contributed by atoms with Crippen molar-refractivity contribution in [1.82, 2.24) is 24.1 Å². The molecule has 190 valence electrons. The fraction of sp³-hybridized carbons (Fsp3) is 0.0294. The van der Waals surface area contributed by atoms with Crippen LogP contribution in [0.25, 0.3) is 71.7 Å². The van der Waals surface area contributed by atoms with Gasteiger partial charge in [0.05, 0.1) is 27.8 Å². The number of fused-ring (bicyclic) bond motifs is 4. The molecule has 4 heterocycles. The summed E-state index contributed by atoms with van der Waals surface area (Å²) in [6, 6.07) is 36.2. The zero-order valence-electron chi connectivity index (χ0n) is 21.7. The standard InChI is InChI=1S/C34H23N5S/c1-38-32-27(34-36-18-19-40-34)11-7-13-29(32)37-33(38)23-15-16-26-25-10-2-3-14-30(25)39(31(26)21-23)24-9-6-8-22(20-24)28-12-4-5-17-35-28/h2-21H,1H3. The van der Waals surface area contributed by atoms with Crippen LogP contribution in [0.3, 0.4) is 0 Å². The van der Waals surface area contributed by atoms with Gasteiger partial charge in [-0.3, -0.25) is 4.98 Å². The van der Waals surface area contributed by atoms with Crippen LogP contribution in [0.15, 0.2) is 121 Å². The number of aromatic nitrogens is 5. The van der Waals surface area contributed by atoms with Crippen molar-refractivity contribution in [2.24, 2.45) is 7.05 Å². The highest BCUT2D eigenvalue weighted by Crippen LogP contribution is 2.37. The third kappa shape index (κ3) is 3.50. The summed E-state index contributed by atoms with van der Waals surface area (Å²) < 4.78 is 4.55. The number of hydrogen-bond acceptors (Lipinski definition) is 4. The molecule has 0 radical (unpaired) electrons. The normalized spacial score (nSPS) is 11.6. The molecule has 0 aliphatic rings. The lowest BCUT2D eigenvalue weighted by atomic mass is 10.1. The number of rotatable bonds is 4. The van der Waals surface area contributed by atoms with Gasteiger partial charge in [-0.1, -0.05) is 54.6 Å².